The highest BCUT2D eigenvalue weighted by molar-refractivity contribution is 7.89. The standard InChI is InChI=1S/C15H17N3O3S2/c1-2-16-23(20,21)12-7-5-11(6-8-12)14(19)18-15-17-13(9-22-15)10-3-4-10/h5-10,16H,2-4H2,1H3,(H,17,18,19). The lowest BCUT2D eigenvalue weighted by molar-refractivity contribution is 0.102. The maximum absolute atomic E-state index is 12.2. The third-order valence-electron chi connectivity index (χ3n) is 3.50. The second kappa shape index (κ2) is 6.38. The van der Waals surface area contributed by atoms with Crippen LogP contribution in [0.15, 0.2) is 34.5 Å². The zero-order valence-electron chi connectivity index (χ0n) is 12.6. The van der Waals surface area contributed by atoms with E-state index >= 15 is 0 Å². The first kappa shape index (κ1) is 16.1. The van der Waals surface area contributed by atoms with Crippen molar-refractivity contribution in [3.63, 3.8) is 0 Å². The predicted molar refractivity (Wildman–Crippen MR) is 89.3 cm³/mol. The predicted octanol–water partition coefficient (Wildman–Crippen LogP) is 2.57. The highest BCUT2D eigenvalue weighted by Gasteiger charge is 2.26. The van der Waals surface area contributed by atoms with Crippen molar-refractivity contribution in [1.29, 1.82) is 0 Å². The zero-order valence-corrected chi connectivity index (χ0v) is 14.2. The Labute approximate surface area is 139 Å². The number of benzene rings is 1. The van der Waals surface area contributed by atoms with Gasteiger partial charge in [-0.1, -0.05) is 6.92 Å². The number of thiazole rings is 1. The molecular weight excluding hydrogens is 334 g/mol. The molecule has 0 radical (unpaired) electrons. The number of carbonyl (C=O) groups is 1. The summed E-state index contributed by atoms with van der Waals surface area (Å²) in [5, 5.41) is 5.29. The maximum atomic E-state index is 12.2. The summed E-state index contributed by atoms with van der Waals surface area (Å²) in [6.07, 6.45) is 2.33. The summed E-state index contributed by atoms with van der Waals surface area (Å²) in [6, 6.07) is 5.83. The number of nitrogens with zero attached hydrogens (tertiary/aromatic N) is 1. The first-order valence-corrected chi connectivity index (χ1v) is 9.72. The molecule has 23 heavy (non-hydrogen) atoms. The fourth-order valence-corrected chi connectivity index (χ4v) is 3.97. The van der Waals surface area contributed by atoms with Crippen molar-refractivity contribution in [3.8, 4) is 0 Å². The molecular formula is C15H17N3O3S2. The Morgan fingerprint density at radius 3 is 2.61 bits per heavy atom. The molecule has 0 aliphatic heterocycles. The Balaban J connectivity index is 1.69. The van der Waals surface area contributed by atoms with Crippen molar-refractivity contribution in [2.75, 3.05) is 11.9 Å². The van der Waals surface area contributed by atoms with Crippen LogP contribution in [0.5, 0.6) is 0 Å². The van der Waals surface area contributed by atoms with Crippen molar-refractivity contribution < 1.29 is 13.2 Å². The Kier molecular flexibility index (Phi) is 4.47. The van der Waals surface area contributed by atoms with Gasteiger partial charge in [-0.3, -0.25) is 10.1 Å². The molecule has 1 aromatic heterocycles. The van der Waals surface area contributed by atoms with Crippen LogP contribution in [0.2, 0.25) is 0 Å². The highest BCUT2D eigenvalue weighted by Crippen LogP contribution is 2.40. The van der Waals surface area contributed by atoms with E-state index in [4.69, 9.17) is 0 Å². The van der Waals surface area contributed by atoms with Crippen LogP contribution in [0.3, 0.4) is 0 Å². The number of amides is 1. The lowest BCUT2D eigenvalue weighted by Crippen LogP contribution is -2.23. The fraction of sp³-hybridized carbons (Fsp3) is 0.333. The quantitative estimate of drug-likeness (QED) is 0.837. The largest absolute Gasteiger partial charge is 0.298 e. The molecule has 1 amide bonds. The number of aromatic nitrogens is 1. The molecule has 0 bridgehead atoms. The van der Waals surface area contributed by atoms with E-state index < -0.39 is 10.0 Å². The molecule has 8 heteroatoms. The van der Waals surface area contributed by atoms with Crippen LogP contribution < -0.4 is 10.0 Å². The Hall–Kier alpha value is -1.77. The summed E-state index contributed by atoms with van der Waals surface area (Å²) in [7, 11) is -3.50. The Morgan fingerprint density at radius 2 is 2.00 bits per heavy atom. The van der Waals surface area contributed by atoms with E-state index in [2.05, 4.69) is 15.0 Å². The lowest BCUT2D eigenvalue weighted by Gasteiger charge is -2.06. The molecule has 1 saturated carbocycles. The maximum Gasteiger partial charge on any atom is 0.257 e. The zero-order chi connectivity index (χ0) is 16.4. The molecule has 0 saturated heterocycles. The molecule has 0 atom stereocenters. The third kappa shape index (κ3) is 3.77. The average Bonchev–Trinajstić information content (AvgIpc) is 3.28. The smallest absolute Gasteiger partial charge is 0.257 e. The van der Waals surface area contributed by atoms with Gasteiger partial charge in [-0.15, -0.1) is 11.3 Å². The van der Waals surface area contributed by atoms with Gasteiger partial charge in [-0.25, -0.2) is 18.1 Å². The molecule has 0 unspecified atom stereocenters. The van der Waals surface area contributed by atoms with Crippen molar-refractivity contribution in [3.05, 3.63) is 40.9 Å². The average molecular weight is 351 g/mol. The lowest BCUT2D eigenvalue weighted by atomic mass is 10.2. The SMILES string of the molecule is CCNS(=O)(=O)c1ccc(C(=O)Nc2nc(C3CC3)cs2)cc1. The molecule has 2 aromatic rings. The van der Waals surface area contributed by atoms with Crippen LogP contribution in [-0.4, -0.2) is 25.9 Å². The first-order chi connectivity index (χ1) is 11.0. The molecule has 1 fully saturated rings. The molecule has 1 aromatic carbocycles. The number of carbonyl (C=O) groups excluding carboxylic acids is 1. The molecule has 3 rings (SSSR count). The van der Waals surface area contributed by atoms with E-state index in [1.807, 2.05) is 5.38 Å². The summed E-state index contributed by atoms with van der Waals surface area (Å²) in [5.74, 6) is 0.251. The van der Waals surface area contributed by atoms with E-state index in [9.17, 15) is 13.2 Å². The Morgan fingerprint density at radius 1 is 1.30 bits per heavy atom. The van der Waals surface area contributed by atoms with Crippen molar-refractivity contribution >= 4 is 32.4 Å². The second-order valence-electron chi connectivity index (χ2n) is 5.33. The molecule has 6 nitrogen and oxygen atoms in total. The summed E-state index contributed by atoms with van der Waals surface area (Å²) in [6.45, 7) is 2.03. The van der Waals surface area contributed by atoms with Crippen LogP contribution >= 0.6 is 11.3 Å². The first-order valence-electron chi connectivity index (χ1n) is 7.36. The van der Waals surface area contributed by atoms with Crippen LogP contribution in [0.1, 0.15) is 41.7 Å². The van der Waals surface area contributed by atoms with Gasteiger partial charge in [0.15, 0.2) is 5.13 Å². The van der Waals surface area contributed by atoms with Gasteiger partial charge in [0.05, 0.1) is 10.6 Å². The number of hydrogen-bond acceptors (Lipinski definition) is 5. The summed E-state index contributed by atoms with van der Waals surface area (Å²) < 4.78 is 26.1. The van der Waals surface area contributed by atoms with Crippen molar-refractivity contribution in [1.82, 2.24) is 9.71 Å². The van der Waals surface area contributed by atoms with Gasteiger partial charge in [0.25, 0.3) is 5.91 Å². The number of sulfonamides is 1. The summed E-state index contributed by atoms with van der Waals surface area (Å²) in [4.78, 5) is 16.7. The van der Waals surface area contributed by atoms with Gasteiger partial charge in [-0.05, 0) is 37.1 Å². The van der Waals surface area contributed by atoms with Crippen LogP contribution in [0, 0.1) is 0 Å². The minimum atomic E-state index is -3.50. The van der Waals surface area contributed by atoms with E-state index in [1.165, 1.54) is 48.4 Å². The summed E-state index contributed by atoms with van der Waals surface area (Å²) in [5.41, 5.74) is 1.43. The molecule has 0 spiro atoms. The normalized spacial score (nSPS) is 14.7. The van der Waals surface area contributed by atoms with Gasteiger partial charge >= 0.3 is 0 Å². The molecule has 1 aliphatic carbocycles. The van der Waals surface area contributed by atoms with E-state index in [1.54, 1.807) is 6.92 Å². The van der Waals surface area contributed by atoms with Crippen LogP contribution in [0.4, 0.5) is 5.13 Å². The fourth-order valence-electron chi connectivity index (χ4n) is 2.14. The number of anilines is 1. The minimum Gasteiger partial charge on any atom is -0.298 e. The number of nitrogens with one attached hydrogen (secondary N) is 2. The minimum absolute atomic E-state index is 0.140. The second-order valence-corrected chi connectivity index (χ2v) is 7.96. The third-order valence-corrected chi connectivity index (χ3v) is 5.84. The molecule has 1 heterocycles. The summed E-state index contributed by atoms with van der Waals surface area (Å²) >= 11 is 1.41. The van der Waals surface area contributed by atoms with Crippen molar-refractivity contribution in [2.45, 2.75) is 30.6 Å². The van der Waals surface area contributed by atoms with E-state index in [0.717, 1.165) is 5.69 Å². The number of rotatable bonds is 6. The molecule has 1 aliphatic rings. The van der Waals surface area contributed by atoms with E-state index in [-0.39, 0.29) is 10.8 Å². The molecule has 122 valence electrons. The van der Waals surface area contributed by atoms with Gasteiger partial charge in [0, 0.05) is 23.4 Å². The Bertz CT molecular complexity index is 809. The molecule has 2 N–H and O–H groups in total. The number of hydrogen-bond donors (Lipinski definition) is 2. The van der Waals surface area contributed by atoms with Crippen LogP contribution in [0.25, 0.3) is 0 Å². The van der Waals surface area contributed by atoms with Gasteiger partial charge in [0.2, 0.25) is 10.0 Å². The topological polar surface area (TPSA) is 88.2 Å². The van der Waals surface area contributed by atoms with Crippen LogP contribution in [-0.2, 0) is 10.0 Å². The highest BCUT2D eigenvalue weighted by atomic mass is 32.2. The van der Waals surface area contributed by atoms with E-state index in [0.29, 0.717) is 23.2 Å². The van der Waals surface area contributed by atoms with Gasteiger partial charge in [0.1, 0.15) is 0 Å². The monoisotopic (exact) mass is 351 g/mol. The van der Waals surface area contributed by atoms with Gasteiger partial charge in [-0.2, -0.15) is 0 Å². The van der Waals surface area contributed by atoms with Crippen molar-refractivity contribution in [2.24, 2.45) is 0 Å². The van der Waals surface area contributed by atoms with Gasteiger partial charge < -0.3 is 0 Å².